The van der Waals surface area contributed by atoms with Crippen LogP contribution in [0.5, 0.6) is 11.5 Å². The molecule has 0 amide bonds. The van der Waals surface area contributed by atoms with E-state index in [1.165, 1.54) is 0 Å². The molecule has 5 heteroatoms. The first-order valence-corrected chi connectivity index (χ1v) is 8.73. The second-order valence-electron chi connectivity index (χ2n) is 6.14. The molecule has 4 nitrogen and oxygen atoms in total. The van der Waals surface area contributed by atoms with Crippen molar-refractivity contribution >= 4 is 27.4 Å². The van der Waals surface area contributed by atoms with Crippen molar-refractivity contribution in [2.24, 2.45) is 0 Å². The van der Waals surface area contributed by atoms with Crippen LogP contribution in [0.15, 0.2) is 48.5 Å². The fraction of sp³-hybridized carbons (Fsp3) is 0.250. The Hall–Kier alpha value is -2.53. The van der Waals surface area contributed by atoms with Crippen molar-refractivity contribution < 1.29 is 19.4 Å². The molecule has 0 saturated carbocycles. The molecule has 130 valence electrons. The maximum absolute atomic E-state index is 12.0. The molecule has 3 rings (SSSR count). The second-order valence-corrected chi connectivity index (χ2v) is 7.31. The smallest absolute Gasteiger partial charge is 0.314 e. The molecular weight excluding hydrogens is 336 g/mol. The summed E-state index contributed by atoms with van der Waals surface area (Å²) in [5, 5.41) is 10.9. The predicted octanol–water partition coefficient (Wildman–Crippen LogP) is 4.50. The van der Waals surface area contributed by atoms with Crippen LogP contribution in [0.3, 0.4) is 0 Å². The Bertz CT molecular complexity index is 860. The fourth-order valence-electron chi connectivity index (χ4n) is 2.96. The number of carboxylic acid groups (broad SMARTS) is 1. The SMILES string of the molecule is COc1cc2cc(CC(C)(C(=O)O)c3ccccc3)sc2cc1OC. The number of hydrogen-bond donors (Lipinski definition) is 1. The molecule has 1 N–H and O–H groups in total. The Labute approximate surface area is 150 Å². The van der Waals surface area contributed by atoms with Gasteiger partial charge < -0.3 is 14.6 Å². The first-order chi connectivity index (χ1) is 12.0. The summed E-state index contributed by atoms with van der Waals surface area (Å²) in [6.45, 7) is 1.77. The van der Waals surface area contributed by atoms with E-state index < -0.39 is 11.4 Å². The molecule has 3 aromatic rings. The average Bonchev–Trinajstić information content (AvgIpc) is 3.01. The molecule has 0 fully saturated rings. The highest BCUT2D eigenvalue weighted by atomic mass is 32.1. The van der Waals surface area contributed by atoms with Crippen molar-refractivity contribution in [2.45, 2.75) is 18.8 Å². The molecule has 0 aliphatic carbocycles. The van der Waals surface area contributed by atoms with Gasteiger partial charge in [0.15, 0.2) is 11.5 Å². The van der Waals surface area contributed by atoms with Crippen LogP contribution in [-0.2, 0) is 16.6 Å². The molecule has 1 unspecified atom stereocenters. The average molecular weight is 356 g/mol. The van der Waals surface area contributed by atoms with Gasteiger partial charge in [-0.2, -0.15) is 0 Å². The van der Waals surface area contributed by atoms with Crippen molar-refractivity contribution in [1.29, 1.82) is 0 Å². The number of carboxylic acids is 1. The summed E-state index contributed by atoms with van der Waals surface area (Å²) in [6, 6.07) is 15.3. The first kappa shape index (κ1) is 17.3. The Morgan fingerprint density at radius 2 is 1.72 bits per heavy atom. The van der Waals surface area contributed by atoms with Crippen molar-refractivity contribution in [3.05, 3.63) is 59.0 Å². The van der Waals surface area contributed by atoms with Gasteiger partial charge in [-0.25, -0.2) is 0 Å². The Morgan fingerprint density at radius 3 is 2.32 bits per heavy atom. The standard InChI is InChI=1S/C20H20O4S/c1-20(19(21)22,14-7-5-4-6-8-14)12-15-9-13-10-16(23-2)17(24-3)11-18(13)25-15/h4-11H,12H2,1-3H3,(H,21,22). The zero-order valence-electron chi connectivity index (χ0n) is 14.4. The Kier molecular flexibility index (Phi) is 4.68. The number of fused-ring (bicyclic) bond motifs is 1. The van der Waals surface area contributed by atoms with Gasteiger partial charge in [0.05, 0.1) is 19.6 Å². The van der Waals surface area contributed by atoms with Gasteiger partial charge in [-0.05, 0) is 30.0 Å². The number of aliphatic carboxylic acids is 1. The van der Waals surface area contributed by atoms with Crippen molar-refractivity contribution in [2.75, 3.05) is 14.2 Å². The van der Waals surface area contributed by atoms with E-state index in [2.05, 4.69) is 0 Å². The molecular formula is C20H20O4S. The highest BCUT2D eigenvalue weighted by Gasteiger charge is 2.35. The van der Waals surface area contributed by atoms with Crippen LogP contribution in [0.1, 0.15) is 17.4 Å². The van der Waals surface area contributed by atoms with Crippen LogP contribution in [0, 0.1) is 0 Å². The van der Waals surface area contributed by atoms with Crippen LogP contribution in [0.2, 0.25) is 0 Å². The molecule has 0 saturated heterocycles. The zero-order valence-corrected chi connectivity index (χ0v) is 15.2. The summed E-state index contributed by atoms with van der Waals surface area (Å²) in [5.74, 6) is 0.516. The molecule has 1 aromatic heterocycles. The lowest BCUT2D eigenvalue weighted by atomic mass is 9.79. The summed E-state index contributed by atoms with van der Waals surface area (Å²) >= 11 is 1.59. The lowest BCUT2D eigenvalue weighted by Gasteiger charge is -2.24. The van der Waals surface area contributed by atoms with Crippen molar-refractivity contribution in [3.63, 3.8) is 0 Å². The lowest BCUT2D eigenvalue weighted by Crippen LogP contribution is -2.34. The Morgan fingerprint density at radius 1 is 1.08 bits per heavy atom. The number of carbonyl (C=O) groups is 1. The molecule has 0 bridgehead atoms. The summed E-state index contributed by atoms with van der Waals surface area (Å²) in [7, 11) is 3.21. The van der Waals surface area contributed by atoms with Gasteiger partial charge in [0.1, 0.15) is 0 Å². The minimum atomic E-state index is -0.976. The molecule has 0 aliphatic rings. The summed E-state index contributed by atoms with van der Waals surface area (Å²) in [5.41, 5.74) is -0.175. The number of thiophene rings is 1. The number of rotatable bonds is 6. The minimum absolute atomic E-state index is 0.427. The summed E-state index contributed by atoms with van der Waals surface area (Å²) in [6.07, 6.45) is 0.427. The van der Waals surface area contributed by atoms with Crippen molar-refractivity contribution in [1.82, 2.24) is 0 Å². The van der Waals surface area contributed by atoms with E-state index in [1.54, 1.807) is 32.5 Å². The fourth-order valence-corrected chi connectivity index (χ4v) is 4.19. The number of ether oxygens (including phenoxy) is 2. The molecule has 0 spiro atoms. The molecule has 2 aromatic carbocycles. The van der Waals surface area contributed by atoms with E-state index in [0.717, 1.165) is 20.5 Å². The van der Waals surface area contributed by atoms with Crippen molar-refractivity contribution in [3.8, 4) is 11.5 Å². The Balaban J connectivity index is 2.02. The van der Waals surface area contributed by atoms with Crippen LogP contribution in [0.25, 0.3) is 10.1 Å². The van der Waals surface area contributed by atoms with E-state index in [9.17, 15) is 9.90 Å². The topological polar surface area (TPSA) is 55.8 Å². The molecule has 25 heavy (non-hydrogen) atoms. The second kappa shape index (κ2) is 6.76. The van der Waals surface area contributed by atoms with Gasteiger partial charge in [0.2, 0.25) is 0 Å². The maximum Gasteiger partial charge on any atom is 0.314 e. The third-order valence-corrected chi connectivity index (χ3v) is 5.58. The number of methoxy groups -OCH3 is 2. The molecule has 0 aliphatic heterocycles. The molecule has 0 radical (unpaired) electrons. The number of hydrogen-bond acceptors (Lipinski definition) is 4. The van der Waals surface area contributed by atoms with Gasteiger partial charge in [-0.15, -0.1) is 11.3 Å². The highest BCUT2D eigenvalue weighted by molar-refractivity contribution is 7.19. The van der Waals surface area contributed by atoms with Crippen LogP contribution in [-0.4, -0.2) is 25.3 Å². The minimum Gasteiger partial charge on any atom is -0.493 e. The normalized spacial score (nSPS) is 13.4. The van der Waals surface area contributed by atoms with Crippen LogP contribution in [0.4, 0.5) is 0 Å². The third kappa shape index (κ3) is 3.20. The third-order valence-electron chi connectivity index (χ3n) is 4.48. The van der Waals surface area contributed by atoms with Gasteiger partial charge >= 0.3 is 5.97 Å². The quantitative estimate of drug-likeness (QED) is 0.706. The zero-order chi connectivity index (χ0) is 18.0. The van der Waals surface area contributed by atoms with Crippen LogP contribution >= 0.6 is 11.3 Å². The van der Waals surface area contributed by atoms with E-state index in [4.69, 9.17) is 9.47 Å². The summed E-state index contributed by atoms with van der Waals surface area (Å²) in [4.78, 5) is 13.0. The van der Waals surface area contributed by atoms with Crippen LogP contribution < -0.4 is 9.47 Å². The largest absolute Gasteiger partial charge is 0.493 e. The molecule has 1 atom stereocenters. The highest BCUT2D eigenvalue weighted by Crippen LogP contribution is 2.39. The van der Waals surface area contributed by atoms with E-state index in [0.29, 0.717) is 17.9 Å². The van der Waals surface area contributed by atoms with E-state index in [-0.39, 0.29) is 0 Å². The van der Waals surface area contributed by atoms with E-state index in [1.807, 2.05) is 48.5 Å². The number of benzene rings is 2. The van der Waals surface area contributed by atoms with E-state index >= 15 is 0 Å². The lowest BCUT2D eigenvalue weighted by molar-refractivity contribution is -0.143. The maximum atomic E-state index is 12.0. The van der Waals surface area contributed by atoms with Gasteiger partial charge in [0.25, 0.3) is 0 Å². The van der Waals surface area contributed by atoms with Gasteiger partial charge in [0, 0.05) is 22.1 Å². The van der Waals surface area contributed by atoms with Gasteiger partial charge in [-0.1, -0.05) is 30.3 Å². The van der Waals surface area contributed by atoms with Gasteiger partial charge in [-0.3, -0.25) is 4.79 Å². The first-order valence-electron chi connectivity index (χ1n) is 7.91. The predicted molar refractivity (Wildman–Crippen MR) is 100 cm³/mol. The monoisotopic (exact) mass is 356 g/mol. The molecule has 1 heterocycles. The summed E-state index contributed by atoms with van der Waals surface area (Å²) < 4.78 is 11.7.